The second kappa shape index (κ2) is 4.31. The van der Waals surface area contributed by atoms with Crippen LogP contribution in [0.15, 0.2) is 29.6 Å². The second-order valence-corrected chi connectivity index (χ2v) is 4.52. The fourth-order valence-corrected chi connectivity index (χ4v) is 2.37. The van der Waals surface area contributed by atoms with Crippen LogP contribution in [0.3, 0.4) is 0 Å². The lowest BCUT2D eigenvalue weighted by Crippen LogP contribution is -1.95. The van der Waals surface area contributed by atoms with E-state index in [0.717, 1.165) is 10.4 Å². The van der Waals surface area contributed by atoms with Gasteiger partial charge in [-0.05, 0) is 35.2 Å². The minimum atomic E-state index is -0.310. The molecule has 1 aromatic carbocycles. The van der Waals surface area contributed by atoms with Crippen molar-refractivity contribution in [3.05, 3.63) is 45.4 Å². The number of nitrogens with two attached hydrogens (primary N) is 1. The highest BCUT2D eigenvalue weighted by Crippen LogP contribution is 2.31. The lowest BCUT2D eigenvalue weighted by Gasteiger charge is -2.03. The maximum absolute atomic E-state index is 13.6. The number of halogens is 2. The van der Waals surface area contributed by atoms with E-state index < -0.39 is 0 Å². The van der Waals surface area contributed by atoms with Crippen LogP contribution >= 0.6 is 22.9 Å². The van der Waals surface area contributed by atoms with Crippen LogP contribution in [0.4, 0.5) is 4.39 Å². The number of benzene rings is 1. The summed E-state index contributed by atoms with van der Waals surface area (Å²) < 4.78 is 13.6. The summed E-state index contributed by atoms with van der Waals surface area (Å²) in [4.78, 5) is 0.983. The Morgan fingerprint density at radius 3 is 2.73 bits per heavy atom. The molecule has 2 N–H and O–H groups in total. The van der Waals surface area contributed by atoms with Crippen LogP contribution in [0.25, 0.3) is 11.1 Å². The Bertz CT molecular complexity index is 481. The van der Waals surface area contributed by atoms with Gasteiger partial charge in [0.2, 0.25) is 0 Å². The standard InChI is InChI=1S/C11H9ClFNS/c12-7-1-2-8(10(13)5-7)9-3-4-15-11(9)6-14/h1-5H,6,14H2. The van der Waals surface area contributed by atoms with Gasteiger partial charge in [-0.1, -0.05) is 11.6 Å². The molecule has 0 radical (unpaired) electrons. The van der Waals surface area contributed by atoms with E-state index in [-0.39, 0.29) is 5.82 Å². The van der Waals surface area contributed by atoms with E-state index in [0.29, 0.717) is 17.1 Å². The van der Waals surface area contributed by atoms with E-state index in [1.165, 1.54) is 17.4 Å². The molecule has 0 amide bonds. The highest BCUT2D eigenvalue weighted by Gasteiger charge is 2.10. The van der Waals surface area contributed by atoms with Crippen LogP contribution in [0.5, 0.6) is 0 Å². The molecule has 4 heteroatoms. The summed E-state index contributed by atoms with van der Waals surface area (Å²) in [6.45, 7) is 0.426. The van der Waals surface area contributed by atoms with E-state index in [4.69, 9.17) is 17.3 Å². The van der Waals surface area contributed by atoms with Gasteiger partial charge in [0, 0.05) is 22.0 Å². The third-order valence-corrected chi connectivity index (χ3v) is 3.33. The van der Waals surface area contributed by atoms with Crippen molar-refractivity contribution in [1.29, 1.82) is 0 Å². The molecule has 0 aliphatic carbocycles. The lowest BCUT2D eigenvalue weighted by molar-refractivity contribution is 0.631. The minimum Gasteiger partial charge on any atom is -0.326 e. The Labute approximate surface area is 96.3 Å². The number of rotatable bonds is 2. The van der Waals surface area contributed by atoms with Crippen LogP contribution in [-0.4, -0.2) is 0 Å². The van der Waals surface area contributed by atoms with E-state index >= 15 is 0 Å². The van der Waals surface area contributed by atoms with Crippen molar-refractivity contribution < 1.29 is 4.39 Å². The first-order chi connectivity index (χ1) is 7.22. The maximum atomic E-state index is 13.6. The predicted octanol–water partition coefficient (Wildman–Crippen LogP) is 3.67. The Kier molecular flexibility index (Phi) is 3.05. The Morgan fingerprint density at radius 2 is 2.07 bits per heavy atom. The molecule has 0 atom stereocenters. The fraction of sp³-hybridized carbons (Fsp3) is 0.0909. The van der Waals surface area contributed by atoms with Gasteiger partial charge in [-0.3, -0.25) is 0 Å². The summed E-state index contributed by atoms with van der Waals surface area (Å²) in [7, 11) is 0. The van der Waals surface area contributed by atoms with Crippen LogP contribution in [0.2, 0.25) is 5.02 Å². The number of thiophene rings is 1. The fourth-order valence-electron chi connectivity index (χ4n) is 1.45. The zero-order chi connectivity index (χ0) is 10.8. The van der Waals surface area contributed by atoms with E-state index in [1.807, 2.05) is 11.4 Å². The highest BCUT2D eigenvalue weighted by atomic mass is 35.5. The molecule has 1 heterocycles. The normalized spacial score (nSPS) is 10.6. The molecule has 1 aromatic heterocycles. The molecule has 2 rings (SSSR count). The van der Waals surface area contributed by atoms with Crippen molar-refractivity contribution in [2.45, 2.75) is 6.54 Å². The van der Waals surface area contributed by atoms with Crippen molar-refractivity contribution >= 4 is 22.9 Å². The van der Waals surface area contributed by atoms with Crippen LogP contribution in [0.1, 0.15) is 4.88 Å². The Hall–Kier alpha value is -0.900. The first-order valence-corrected chi connectivity index (χ1v) is 5.70. The molecule has 78 valence electrons. The van der Waals surface area contributed by atoms with Gasteiger partial charge in [0.25, 0.3) is 0 Å². The van der Waals surface area contributed by atoms with Crippen molar-refractivity contribution in [2.24, 2.45) is 5.73 Å². The van der Waals surface area contributed by atoms with Gasteiger partial charge in [-0.15, -0.1) is 11.3 Å². The van der Waals surface area contributed by atoms with Crippen molar-refractivity contribution in [1.82, 2.24) is 0 Å². The summed E-state index contributed by atoms with van der Waals surface area (Å²) in [6.07, 6.45) is 0. The molecule has 0 fully saturated rings. The summed E-state index contributed by atoms with van der Waals surface area (Å²) in [5.74, 6) is -0.310. The third-order valence-electron chi connectivity index (χ3n) is 2.15. The minimum absolute atomic E-state index is 0.310. The maximum Gasteiger partial charge on any atom is 0.132 e. The van der Waals surface area contributed by atoms with E-state index in [1.54, 1.807) is 12.1 Å². The second-order valence-electron chi connectivity index (χ2n) is 3.09. The molecule has 2 aromatic rings. The zero-order valence-corrected chi connectivity index (χ0v) is 9.41. The molecule has 0 unspecified atom stereocenters. The van der Waals surface area contributed by atoms with Crippen LogP contribution in [0, 0.1) is 5.82 Å². The van der Waals surface area contributed by atoms with Crippen molar-refractivity contribution in [3.8, 4) is 11.1 Å². The van der Waals surface area contributed by atoms with Gasteiger partial charge in [0.05, 0.1) is 0 Å². The summed E-state index contributed by atoms with van der Waals surface area (Å²) in [5, 5.41) is 2.31. The topological polar surface area (TPSA) is 26.0 Å². The first-order valence-electron chi connectivity index (χ1n) is 4.44. The van der Waals surface area contributed by atoms with Crippen LogP contribution < -0.4 is 5.73 Å². The molecule has 0 bridgehead atoms. The molecular weight excluding hydrogens is 233 g/mol. The van der Waals surface area contributed by atoms with Gasteiger partial charge >= 0.3 is 0 Å². The number of hydrogen-bond donors (Lipinski definition) is 1. The molecule has 0 aliphatic heterocycles. The van der Waals surface area contributed by atoms with E-state index in [9.17, 15) is 4.39 Å². The first kappa shape index (κ1) is 10.6. The molecule has 0 aliphatic rings. The Balaban J connectivity index is 2.54. The predicted molar refractivity (Wildman–Crippen MR) is 62.6 cm³/mol. The SMILES string of the molecule is NCc1sccc1-c1ccc(Cl)cc1F. The average Bonchev–Trinajstić information content (AvgIpc) is 2.65. The largest absolute Gasteiger partial charge is 0.326 e. The van der Waals surface area contributed by atoms with Gasteiger partial charge < -0.3 is 5.73 Å². The number of hydrogen-bond acceptors (Lipinski definition) is 2. The highest BCUT2D eigenvalue weighted by molar-refractivity contribution is 7.10. The smallest absolute Gasteiger partial charge is 0.132 e. The Morgan fingerprint density at radius 1 is 1.27 bits per heavy atom. The molecular formula is C11H9ClFNS. The van der Waals surface area contributed by atoms with E-state index in [2.05, 4.69) is 0 Å². The summed E-state index contributed by atoms with van der Waals surface area (Å²) in [6, 6.07) is 6.55. The van der Waals surface area contributed by atoms with Gasteiger partial charge in [0.1, 0.15) is 5.82 Å². The van der Waals surface area contributed by atoms with Crippen molar-refractivity contribution in [2.75, 3.05) is 0 Å². The molecule has 0 saturated carbocycles. The zero-order valence-electron chi connectivity index (χ0n) is 7.84. The van der Waals surface area contributed by atoms with Gasteiger partial charge in [0.15, 0.2) is 0 Å². The third kappa shape index (κ3) is 2.04. The lowest BCUT2D eigenvalue weighted by atomic mass is 10.1. The molecule has 0 spiro atoms. The van der Waals surface area contributed by atoms with Crippen molar-refractivity contribution in [3.63, 3.8) is 0 Å². The van der Waals surface area contributed by atoms with Crippen LogP contribution in [-0.2, 0) is 6.54 Å². The summed E-state index contributed by atoms with van der Waals surface area (Å²) >= 11 is 7.22. The molecule has 15 heavy (non-hydrogen) atoms. The molecule has 0 saturated heterocycles. The van der Waals surface area contributed by atoms with Gasteiger partial charge in [-0.2, -0.15) is 0 Å². The molecule has 1 nitrogen and oxygen atoms in total. The monoisotopic (exact) mass is 241 g/mol. The average molecular weight is 242 g/mol. The quantitative estimate of drug-likeness (QED) is 0.853. The summed E-state index contributed by atoms with van der Waals surface area (Å²) in [5.41, 5.74) is 6.99. The van der Waals surface area contributed by atoms with Gasteiger partial charge in [-0.25, -0.2) is 4.39 Å².